The third-order valence-corrected chi connectivity index (χ3v) is 4.25. The lowest BCUT2D eigenvalue weighted by molar-refractivity contribution is -0.128. The van der Waals surface area contributed by atoms with Crippen LogP contribution in [0.3, 0.4) is 0 Å². The highest BCUT2D eigenvalue weighted by molar-refractivity contribution is 6.04. The van der Waals surface area contributed by atoms with Gasteiger partial charge in [-0.15, -0.1) is 12.4 Å². The summed E-state index contributed by atoms with van der Waals surface area (Å²) in [7, 11) is 1.54. The van der Waals surface area contributed by atoms with Crippen LogP contribution >= 0.6 is 12.4 Å². The van der Waals surface area contributed by atoms with Gasteiger partial charge >= 0.3 is 0 Å². The number of hydrogen-bond acceptors (Lipinski definition) is 4. The molecule has 0 atom stereocenters. The molecule has 1 saturated heterocycles. The number of carbonyl (C=O) groups is 2. The second-order valence-corrected chi connectivity index (χ2v) is 6.03. The molecular formula is C19H22ClN3O3. The van der Waals surface area contributed by atoms with E-state index in [9.17, 15) is 9.59 Å². The molecule has 0 aromatic heterocycles. The molecule has 138 valence electrons. The Morgan fingerprint density at radius 3 is 2.54 bits per heavy atom. The van der Waals surface area contributed by atoms with Crippen molar-refractivity contribution in [2.75, 3.05) is 24.7 Å². The van der Waals surface area contributed by atoms with E-state index in [1.807, 2.05) is 17.0 Å². The summed E-state index contributed by atoms with van der Waals surface area (Å²) in [5.74, 6) is 0.547. The summed E-state index contributed by atoms with van der Waals surface area (Å²) >= 11 is 0. The summed E-state index contributed by atoms with van der Waals surface area (Å²) in [4.78, 5) is 25.9. The normalized spacial score (nSPS) is 13.3. The van der Waals surface area contributed by atoms with E-state index in [2.05, 4.69) is 5.32 Å². The van der Waals surface area contributed by atoms with Gasteiger partial charge in [-0.05, 0) is 42.3 Å². The zero-order chi connectivity index (χ0) is 17.8. The maximum atomic E-state index is 12.3. The lowest BCUT2D eigenvalue weighted by Gasteiger charge is -2.15. The van der Waals surface area contributed by atoms with Crippen molar-refractivity contribution in [1.82, 2.24) is 4.90 Å². The van der Waals surface area contributed by atoms with E-state index in [4.69, 9.17) is 10.5 Å². The number of carbonyl (C=O) groups excluding carboxylic acids is 2. The zero-order valence-corrected chi connectivity index (χ0v) is 15.3. The van der Waals surface area contributed by atoms with Crippen molar-refractivity contribution >= 4 is 35.6 Å². The van der Waals surface area contributed by atoms with Gasteiger partial charge in [-0.1, -0.05) is 12.1 Å². The predicted molar refractivity (Wildman–Crippen MR) is 104 cm³/mol. The number of likely N-dealkylation sites (tertiary alicyclic amines) is 1. The largest absolute Gasteiger partial charge is 0.495 e. The van der Waals surface area contributed by atoms with E-state index in [0.29, 0.717) is 35.7 Å². The molecule has 2 amide bonds. The quantitative estimate of drug-likeness (QED) is 0.786. The van der Waals surface area contributed by atoms with Crippen LogP contribution in [0.4, 0.5) is 11.4 Å². The molecule has 0 unspecified atom stereocenters. The molecule has 1 heterocycles. The van der Waals surface area contributed by atoms with Gasteiger partial charge < -0.3 is 20.7 Å². The van der Waals surface area contributed by atoms with Crippen molar-refractivity contribution in [2.45, 2.75) is 19.4 Å². The fraction of sp³-hybridized carbons (Fsp3) is 0.263. The van der Waals surface area contributed by atoms with Gasteiger partial charge in [-0.3, -0.25) is 9.59 Å². The Labute approximate surface area is 158 Å². The zero-order valence-electron chi connectivity index (χ0n) is 14.5. The molecule has 0 saturated carbocycles. The topological polar surface area (TPSA) is 84.7 Å². The summed E-state index contributed by atoms with van der Waals surface area (Å²) in [5.41, 5.74) is 8.48. The van der Waals surface area contributed by atoms with Gasteiger partial charge in [0.2, 0.25) is 5.91 Å². The molecule has 3 rings (SSSR count). The highest BCUT2D eigenvalue weighted by Gasteiger charge is 2.20. The van der Waals surface area contributed by atoms with Gasteiger partial charge in [0.05, 0.1) is 12.8 Å². The van der Waals surface area contributed by atoms with E-state index in [-0.39, 0.29) is 24.2 Å². The Morgan fingerprint density at radius 1 is 1.23 bits per heavy atom. The highest BCUT2D eigenvalue weighted by atomic mass is 35.5. The summed E-state index contributed by atoms with van der Waals surface area (Å²) in [6, 6.07) is 12.4. The number of anilines is 2. The predicted octanol–water partition coefficient (Wildman–Crippen LogP) is 3.07. The Bertz CT molecular complexity index is 793. The van der Waals surface area contributed by atoms with E-state index < -0.39 is 0 Å². The number of hydrogen-bond donors (Lipinski definition) is 2. The van der Waals surface area contributed by atoms with Crippen LogP contribution in [0, 0.1) is 0 Å². The average molecular weight is 376 g/mol. The first-order valence-electron chi connectivity index (χ1n) is 8.18. The number of nitrogen functional groups attached to an aromatic ring is 1. The Kier molecular flexibility index (Phi) is 6.46. The standard InChI is InChI=1S/C19H21N3O3.ClH/c1-25-17-9-8-15(11-16(17)20)21-19(24)14-6-4-13(5-7-14)12-22-10-2-3-18(22)23;/h4-9,11H,2-3,10,12,20H2,1H3,(H,21,24);1H. The third kappa shape index (κ3) is 4.46. The molecule has 0 aliphatic carbocycles. The number of nitrogens with zero attached hydrogens (tertiary/aromatic N) is 1. The maximum absolute atomic E-state index is 12.3. The van der Waals surface area contributed by atoms with Crippen LogP contribution in [0.25, 0.3) is 0 Å². The molecular weight excluding hydrogens is 354 g/mol. The SMILES string of the molecule is COc1ccc(NC(=O)c2ccc(CN3CCCC3=O)cc2)cc1N.Cl. The fourth-order valence-electron chi connectivity index (χ4n) is 2.87. The molecule has 0 spiro atoms. The van der Waals surface area contributed by atoms with Crippen molar-refractivity contribution in [1.29, 1.82) is 0 Å². The number of benzene rings is 2. The number of nitrogens with two attached hydrogens (primary N) is 1. The van der Waals surface area contributed by atoms with Crippen LogP contribution in [-0.2, 0) is 11.3 Å². The van der Waals surface area contributed by atoms with Crippen LogP contribution in [-0.4, -0.2) is 30.4 Å². The van der Waals surface area contributed by atoms with E-state index >= 15 is 0 Å². The Balaban J connectivity index is 0.00000243. The van der Waals surface area contributed by atoms with Gasteiger partial charge in [-0.25, -0.2) is 0 Å². The second-order valence-electron chi connectivity index (χ2n) is 6.03. The molecule has 0 bridgehead atoms. The first kappa shape index (κ1) is 19.6. The van der Waals surface area contributed by atoms with E-state index in [1.165, 1.54) is 0 Å². The van der Waals surface area contributed by atoms with Gasteiger partial charge in [0, 0.05) is 30.8 Å². The summed E-state index contributed by atoms with van der Waals surface area (Å²) in [6.07, 6.45) is 1.55. The van der Waals surface area contributed by atoms with Gasteiger partial charge in [0.1, 0.15) is 5.75 Å². The molecule has 1 aliphatic heterocycles. The molecule has 2 aromatic rings. The summed E-state index contributed by atoms with van der Waals surface area (Å²) < 4.78 is 5.10. The monoisotopic (exact) mass is 375 g/mol. The highest BCUT2D eigenvalue weighted by Crippen LogP contribution is 2.25. The lowest BCUT2D eigenvalue weighted by Crippen LogP contribution is -2.23. The van der Waals surface area contributed by atoms with Crippen molar-refractivity contribution in [3.63, 3.8) is 0 Å². The summed E-state index contributed by atoms with van der Waals surface area (Å²) in [6.45, 7) is 1.40. The van der Waals surface area contributed by atoms with Crippen LogP contribution in [0.2, 0.25) is 0 Å². The molecule has 3 N–H and O–H groups in total. The van der Waals surface area contributed by atoms with Gasteiger partial charge in [0.15, 0.2) is 0 Å². The first-order chi connectivity index (χ1) is 12.1. The molecule has 6 nitrogen and oxygen atoms in total. The van der Waals surface area contributed by atoms with Crippen LogP contribution in [0.1, 0.15) is 28.8 Å². The van der Waals surface area contributed by atoms with Gasteiger partial charge in [-0.2, -0.15) is 0 Å². The maximum Gasteiger partial charge on any atom is 0.255 e. The third-order valence-electron chi connectivity index (χ3n) is 4.25. The second kappa shape index (κ2) is 8.58. The number of rotatable bonds is 5. The molecule has 1 fully saturated rings. The lowest BCUT2D eigenvalue weighted by atomic mass is 10.1. The average Bonchev–Trinajstić information content (AvgIpc) is 3.00. The molecule has 26 heavy (non-hydrogen) atoms. The van der Waals surface area contributed by atoms with Crippen molar-refractivity contribution in [3.05, 3.63) is 53.6 Å². The van der Waals surface area contributed by atoms with Crippen molar-refractivity contribution < 1.29 is 14.3 Å². The van der Waals surface area contributed by atoms with Crippen LogP contribution < -0.4 is 15.8 Å². The summed E-state index contributed by atoms with van der Waals surface area (Å²) in [5, 5.41) is 2.81. The molecule has 7 heteroatoms. The fourth-order valence-corrected chi connectivity index (χ4v) is 2.87. The molecule has 0 radical (unpaired) electrons. The smallest absolute Gasteiger partial charge is 0.255 e. The minimum Gasteiger partial charge on any atom is -0.495 e. The number of methoxy groups -OCH3 is 1. The number of ether oxygens (including phenoxy) is 1. The minimum absolute atomic E-state index is 0. The number of amides is 2. The van der Waals surface area contributed by atoms with E-state index in [0.717, 1.165) is 18.5 Å². The Hall–Kier alpha value is -2.73. The number of halogens is 1. The van der Waals surface area contributed by atoms with Crippen molar-refractivity contribution in [2.24, 2.45) is 0 Å². The van der Waals surface area contributed by atoms with Crippen LogP contribution in [0.15, 0.2) is 42.5 Å². The van der Waals surface area contributed by atoms with Gasteiger partial charge in [0.25, 0.3) is 5.91 Å². The van der Waals surface area contributed by atoms with E-state index in [1.54, 1.807) is 37.4 Å². The van der Waals surface area contributed by atoms with Crippen LogP contribution in [0.5, 0.6) is 5.75 Å². The number of nitrogens with one attached hydrogen (secondary N) is 1. The minimum atomic E-state index is -0.214. The first-order valence-corrected chi connectivity index (χ1v) is 8.18. The van der Waals surface area contributed by atoms with Crippen molar-refractivity contribution in [3.8, 4) is 5.75 Å². The molecule has 1 aliphatic rings. The Morgan fingerprint density at radius 2 is 1.96 bits per heavy atom. The molecule has 2 aromatic carbocycles.